The molecule has 4 heterocycles. The molecule has 2 aromatic heterocycles. The predicted molar refractivity (Wildman–Crippen MR) is 126 cm³/mol. The average Bonchev–Trinajstić information content (AvgIpc) is 3.15. The van der Waals surface area contributed by atoms with Crippen LogP contribution in [0.3, 0.4) is 0 Å². The van der Waals surface area contributed by atoms with E-state index in [1.54, 1.807) is 0 Å². The molecule has 2 N–H and O–H groups in total. The van der Waals surface area contributed by atoms with E-state index in [0.29, 0.717) is 18.2 Å². The number of hydrogen-bond acceptors (Lipinski definition) is 7. The third-order valence-corrected chi connectivity index (χ3v) is 5.77. The van der Waals surface area contributed by atoms with Gasteiger partial charge in [0.15, 0.2) is 5.82 Å². The number of ether oxygens (including phenoxy) is 1. The maximum absolute atomic E-state index is 12.5. The Kier molecular flexibility index (Phi) is 7.42. The molecular formula is C21H33N7O2S. The van der Waals surface area contributed by atoms with Crippen molar-refractivity contribution in [2.45, 2.75) is 65.3 Å². The summed E-state index contributed by atoms with van der Waals surface area (Å²) >= 11 is 0. The molecule has 2 aliphatic heterocycles. The second kappa shape index (κ2) is 9.86. The Morgan fingerprint density at radius 1 is 1.32 bits per heavy atom. The Balaban J connectivity index is 0.00000272. The molecule has 170 valence electrons. The lowest BCUT2D eigenvalue weighted by molar-refractivity contribution is -0.118. The zero-order valence-electron chi connectivity index (χ0n) is 18.7. The van der Waals surface area contributed by atoms with E-state index >= 15 is 0 Å². The summed E-state index contributed by atoms with van der Waals surface area (Å²) in [4.78, 5) is 23.6. The van der Waals surface area contributed by atoms with Gasteiger partial charge >= 0.3 is 0 Å². The quantitative estimate of drug-likeness (QED) is 0.703. The van der Waals surface area contributed by atoms with Gasteiger partial charge in [0.25, 0.3) is 0 Å². The van der Waals surface area contributed by atoms with Crippen LogP contribution in [0.5, 0.6) is 0 Å². The number of anilines is 3. The van der Waals surface area contributed by atoms with Crippen molar-refractivity contribution < 1.29 is 9.53 Å². The SMILES string of the molecule is Cc1nc(NCc2cnn(C[C@H]3CCCCO3)c2)nc2c1NC(=O)[C@H](C(C)C)N2C.S. The van der Waals surface area contributed by atoms with Crippen molar-refractivity contribution in [1.29, 1.82) is 0 Å². The molecule has 2 atom stereocenters. The summed E-state index contributed by atoms with van der Waals surface area (Å²) in [7, 11) is 1.91. The van der Waals surface area contributed by atoms with Crippen LogP contribution in [0.15, 0.2) is 12.4 Å². The molecule has 1 saturated heterocycles. The van der Waals surface area contributed by atoms with E-state index < -0.39 is 0 Å². The van der Waals surface area contributed by atoms with Gasteiger partial charge in [-0.05, 0) is 32.1 Å². The molecule has 0 saturated carbocycles. The van der Waals surface area contributed by atoms with Crippen molar-refractivity contribution >= 4 is 36.9 Å². The van der Waals surface area contributed by atoms with Gasteiger partial charge in [-0.1, -0.05) is 13.8 Å². The molecule has 0 radical (unpaired) electrons. The Bertz CT molecular complexity index is 911. The van der Waals surface area contributed by atoms with Crippen molar-refractivity contribution in [3.63, 3.8) is 0 Å². The number of aryl methyl sites for hydroxylation is 1. The first-order valence-electron chi connectivity index (χ1n) is 10.7. The summed E-state index contributed by atoms with van der Waals surface area (Å²) in [5.41, 5.74) is 2.49. The fourth-order valence-corrected chi connectivity index (χ4v) is 4.23. The van der Waals surface area contributed by atoms with Gasteiger partial charge in [0.2, 0.25) is 11.9 Å². The van der Waals surface area contributed by atoms with Gasteiger partial charge in [-0.25, -0.2) is 4.98 Å². The van der Waals surface area contributed by atoms with E-state index in [0.717, 1.165) is 43.1 Å². The van der Waals surface area contributed by atoms with E-state index in [4.69, 9.17) is 4.74 Å². The lowest BCUT2D eigenvalue weighted by atomic mass is 9.99. The largest absolute Gasteiger partial charge is 0.376 e. The molecule has 1 fully saturated rings. The highest BCUT2D eigenvalue weighted by molar-refractivity contribution is 7.59. The van der Waals surface area contributed by atoms with Crippen LogP contribution in [-0.4, -0.2) is 51.5 Å². The minimum atomic E-state index is -0.250. The second-order valence-corrected chi connectivity index (χ2v) is 8.53. The maximum atomic E-state index is 12.5. The molecule has 0 aliphatic carbocycles. The summed E-state index contributed by atoms with van der Waals surface area (Å²) in [6.45, 7) is 8.17. The number of rotatable bonds is 6. The number of carbonyl (C=O) groups excluding carboxylic acids is 1. The zero-order chi connectivity index (χ0) is 21.3. The fourth-order valence-electron chi connectivity index (χ4n) is 4.23. The van der Waals surface area contributed by atoms with Crippen molar-refractivity contribution in [2.75, 3.05) is 29.2 Å². The fraction of sp³-hybridized carbons (Fsp3) is 0.619. The zero-order valence-corrected chi connectivity index (χ0v) is 19.7. The molecule has 0 spiro atoms. The normalized spacial score (nSPS) is 20.8. The van der Waals surface area contributed by atoms with Crippen molar-refractivity contribution in [1.82, 2.24) is 19.7 Å². The van der Waals surface area contributed by atoms with E-state index in [1.807, 2.05) is 49.8 Å². The number of likely N-dealkylation sites (N-methyl/N-ethyl adjacent to an activating group) is 1. The maximum Gasteiger partial charge on any atom is 0.247 e. The van der Waals surface area contributed by atoms with Crippen LogP contribution in [-0.2, 0) is 22.6 Å². The van der Waals surface area contributed by atoms with Crippen LogP contribution in [0.2, 0.25) is 0 Å². The summed E-state index contributed by atoms with van der Waals surface area (Å²) < 4.78 is 7.75. The molecule has 0 unspecified atom stereocenters. The molecule has 0 aromatic carbocycles. The molecule has 2 aromatic rings. The Morgan fingerprint density at radius 3 is 2.84 bits per heavy atom. The minimum Gasteiger partial charge on any atom is -0.376 e. The van der Waals surface area contributed by atoms with Crippen LogP contribution >= 0.6 is 13.5 Å². The topological polar surface area (TPSA) is 97.2 Å². The number of aromatic nitrogens is 4. The molecular weight excluding hydrogens is 414 g/mol. The number of fused-ring (bicyclic) bond motifs is 1. The van der Waals surface area contributed by atoms with E-state index in [9.17, 15) is 4.79 Å². The molecule has 4 rings (SSSR count). The van der Waals surface area contributed by atoms with Crippen LogP contribution in [0.1, 0.15) is 44.4 Å². The lowest BCUT2D eigenvalue weighted by Gasteiger charge is -2.36. The predicted octanol–water partition coefficient (Wildman–Crippen LogP) is 2.69. The summed E-state index contributed by atoms with van der Waals surface area (Å²) in [6.07, 6.45) is 7.63. The van der Waals surface area contributed by atoms with Gasteiger partial charge < -0.3 is 20.3 Å². The van der Waals surface area contributed by atoms with Gasteiger partial charge in [0.05, 0.1) is 24.5 Å². The van der Waals surface area contributed by atoms with Gasteiger partial charge in [0, 0.05) is 32.0 Å². The third kappa shape index (κ3) is 5.12. The molecule has 1 amide bonds. The molecule has 0 bridgehead atoms. The van der Waals surface area contributed by atoms with Crippen LogP contribution in [0, 0.1) is 12.8 Å². The standard InChI is InChI=1S/C21H31N7O2.H2S/c1-13(2)18-20(29)25-17-14(3)24-21(26-19(17)27(18)4)22-9-15-10-23-28(11-15)12-16-7-5-6-8-30-16;/h10-11,13,16,18H,5-9,12H2,1-4H3,(H,25,29)(H,22,24,26);1H2/t16-,18+;/m1./s1. The summed E-state index contributed by atoms with van der Waals surface area (Å²) in [5.74, 6) is 1.45. The highest BCUT2D eigenvalue weighted by Crippen LogP contribution is 2.34. The average molecular weight is 448 g/mol. The van der Waals surface area contributed by atoms with E-state index in [-0.39, 0.29) is 37.5 Å². The highest BCUT2D eigenvalue weighted by atomic mass is 32.1. The van der Waals surface area contributed by atoms with Gasteiger partial charge in [0.1, 0.15) is 11.7 Å². The Labute approximate surface area is 190 Å². The van der Waals surface area contributed by atoms with Gasteiger partial charge in [-0.2, -0.15) is 23.6 Å². The van der Waals surface area contributed by atoms with Crippen LogP contribution < -0.4 is 15.5 Å². The monoisotopic (exact) mass is 447 g/mol. The first-order chi connectivity index (χ1) is 14.4. The van der Waals surface area contributed by atoms with Crippen LogP contribution in [0.25, 0.3) is 0 Å². The van der Waals surface area contributed by atoms with Crippen LogP contribution in [0.4, 0.5) is 17.5 Å². The van der Waals surface area contributed by atoms with Crippen molar-refractivity contribution in [2.24, 2.45) is 5.92 Å². The van der Waals surface area contributed by atoms with Crippen molar-refractivity contribution in [3.05, 3.63) is 23.7 Å². The van der Waals surface area contributed by atoms with Gasteiger partial charge in [-0.3, -0.25) is 9.48 Å². The first-order valence-corrected chi connectivity index (χ1v) is 10.7. The number of nitrogens with zero attached hydrogens (tertiary/aromatic N) is 5. The smallest absolute Gasteiger partial charge is 0.247 e. The van der Waals surface area contributed by atoms with E-state index in [1.165, 1.54) is 6.42 Å². The minimum absolute atomic E-state index is 0. The number of carbonyl (C=O) groups is 1. The number of nitrogens with one attached hydrogen (secondary N) is 2. The Hall–Kier alpha value is -2.33. The number of hydrogen-bond donors (Lipinski definition) is 2. The van der Waals surface area contributed by atoms with Gasteiger partial charge in [-0.15, -0.1) is 0 Å². The summed E-state index contributed by atoms with van der Waals surface area (Å²) in [5, 5.41) is 10.7. The molecule has 9 nitrogen and oxygen atoms in total. The third-order valence-electron chi connectivity index (χ3n) is 5.77. The summed E-state index contributed by atoms with van der Waals surface area (Å²) in [6, 6.07) is -0.250. The second-order valence-electron chi connectivity index (χ2n) is 8.53. The number of amides is 1. The molecule has 10 heteroatoms. The van der Waals surface area contributed by atoms with Crippen molar-refractivity contribution in [3.8, 4) is 0 Å². The first kappa shape index (κ1) is 23.3. The highest BCUT2D eigenvalue weighted by Gasteiger charge is 2.35. The van der Waals surface area contributed by atoms with E-state index in [2.05, 4.69) is 25.7 Å². The lowest BCUT2D eigenvalue weighted by Crippen LogP contribution is -2.49. The molecule has 2 aliphatic rings. The Morgan fingerprint density at radius 2 is 2.13 bits per heavy atom. The molecule has 31 heavy (non-hydrogen) atoms.